The van der Waals surface area contributed by atoms with Gasteiger partial charge in [-0.3, -0.25) is 0 Å². The quantitative estimate of drug-likeness (QED) is 0.212. The first-order valence-corrected chi connectivity index (χ1v) is 0. The van der Waals surface area contributed by atoms with Gasteiger partial charge in [0.2, 0.25) is 0 Å². The van der Waals surface area contributed by atoms with E-state index >= 15 is 0 Å². The molecule has 0 heterocycles. The van der Waals surface area contributed by atoms with Gasteiger partial charge in [-0.05, 0) is 0 Å². The molecule has 0 unspecified atom stereocenters. The van der Waals surface area contributed by atoms with Crippen molar-refractivity contribution in [1.82, 2.24) is 0 Å². The maximum absolute atomic E-state index is 0. The molecule has 17 heteroatoms. The molecule has 0 aliphatic rings. The minimum absolute atomic E-state index is 0. The Morgan fingerprint density at radius 2 is 0.176 bits per heavy atom. The van der Waals surface area contributed by atoms with Crippen LogP contribution in [-0.4, -0.2) is 488 Å². The number of hydrogen-bond acceptors (Lipinski definition) is 0. The number of hydrogen-bond donors (Lipinski definition) is 0. The minimum Gasteiger partial charge on any atom is 0 e. The summed E-state index contributed by atoms with van der Waals surface area (Å²) < 4.78 is 0. The van der Waals surface area contributed by atoms with E-state index in [0.717, 1.165) is 0 Å². The second-order valence-electron chi connectivity index (χ2n) is 0. The Kier molecular flexibility index (Phi) is 913. The summed E-state index contributed by atoms with van der Waals surface area (Å²) in [6, 6.07) is 0. The molecule has 0 atom stereocenters. The van der Waals surface area contributed by atoms with Crippen LogP contribution in [0, 0.1) is 0 Å². The zero-order valence-corrected chi connectivity index (χ0v) is 55.3. The molecule has 0 amide bonds. The van der Waals surface area contributed by atoms with Crippen molar-refractivity contribution in [2.24, 2.45) is 0 Å². The van der Waals surface area contributed by atoms with Crippen molar-refractivity contribution in [1.29, 1.82) is 0 Å². The van der Waals surface area contributed by atoms with E-state index in [4.69, 9.17) is 0 Å². The smallest absolute Gasteiger partial charge is 0 e. The van der Waals surface area contributed by atoms with Gasteiger partial charge in [-0.1, -0.05) is 0 Å². The fourth-order valence-corrected chi connectivity index (χ4v) is 0. The summed E-state index contributed by atoms with van der Waals surface area (Å²) in [5.41, 5.74) is 0. The van der Waals surface area contributed by atoms with E-state index in [9.17, 15) is 0 Å². The third-order valence-electron chi connectivity index (χ3n) is 0. The summed E-state index contributed by atoms with van der Waals surface area (Å²) in [6.45, 7) is 0. The van der Waals surface area contributed by atoms with E-state index in [2.05, 4.69) is 0 Å². The molecule has 0 spiro atoms. The molecular formula is BaNa10Sn6. The van der Waals surface area contributed by atoms with E-state index in [1.165, 1.54) is 0 Å². The minimum atomic E-state index is 0. The molecule has 0 nitrogen and oxygen atoms in total. The van der Waals surface area contributed by atoms with Crippen LogP contribution >= 0.6 is 0 Å². The molecule has 0 N–H and O–H groups in total. The molecule has 36 radical (unpaired) electrons. The molecule has 0 aromatic rings. The van der Waals surface area contributed by atoms with Crippen LogP contribution in [0.3, 0.4) is 0 Å². The maximum Gasteiger partial charge on any atom is 0 e. The second-order valence-corrected chi connectivity index (χ2v) is 0. The Bertz CT molecular complexity index is 20.8. The summed E-state index contributed by atoms with van der Waals surface area (Å²) in [6.07, 6.45) is 0. The Morgan fingerprint density at radius 3 is 0.176 bits per heavy atom. The summed E-state index contributed by atoms with van der Waals surface area (Å²) in [7, 11) is 0. The first-order chi connectivity index (χ1) is 0. The Labute approximate surface area is 471 Å². The summed E-state index contributed by atoms with van der Waals surface area (Å²) in [4.78, 5) is 0. The van der Waals surface area contributed by atoms with Crippen LogP contribution in [0.15, 0.2) is 0 Å². The van der Waals surface area contributed by atoms with Gasteiger partial charge in [0.05, 0.1) is 0 Å². The van der Waals surface area contributed by atoms with Gasteiger partial charge in [0.15, 0.2) is 0 Å². The average Bonchev–Trinajstić information content (AvgIpc) is 0. The zero-order chi connectivity index (χ0) is 0. The van der Waals surface area contributed by atoms with Crippen molar-refractivity contribution in [3.63, 3.8) is 0 Å². The standard InChI is InChI=1S/Ba.10Na.6Sn. The van der Waals surface area contributed by atoms with Gasteiger partial charge in [-0.2, -0.15) is 0 Å². The fraction of sp³-hybridized carbons (Fsp3) is 0. The van der Waals surface area contributed by atoms with Gasteiger partial charge in [0, 0.05) is 488 Å². The molecule has 0 rings (SSSR count). The van der Waals surface area contributed by atoms with Crippen LogP contribution in [0.4, 0.5) is 0 Å². The maximum atomic E-state index is 0. The largest absolute Gasteiger partial charge is 0 e. The summed E-state index contributed by atoms with van der Waals surface area (Å²) >= 11 is 0. The molecule has 0 saturated carbocycles. The van der Waals surface area contributed by atoms with Crippen molar-refractivity contribution in [2.45, 2.75) is 0 Å². The molecule has 0 bridgehead atoms. The van der Waals surface area contributed by atoms with Crippen LogP contribution in [0.1, 0.15) is 0 Å². The third-order valence-corrected chi connectivity index (χ3v) is 0. The summed E-state index contributed by atoms with van der Waals surface area (Å²) in [5, 5.41) is 0. The van der Waals surface area contributed by atoms with Crippen molar-refractivity contribution < 1.29 is 0 Å². The van der Waals surface area contributed by atoms with Crippen LogP contribution in [0.25, 0.3) is 0 Å². The normalized spacial score (nSPS) is 0. The van der Waals surface area contributed by atoms with Gasteiger partial charge in [0.1, 0.15) is 0 Å². The van der Waals surface area contributed by atoms with E-state index < -0.39 is 0 Å². The average molecular weight is 1080 g/mol. The van der Waals surface area contributed by atoms with Gasteiger partial charge < -0.3 is 0 Å². The Morgan fingerprint density at radius 1 is 0.176 bits per heavy atom. The zero-order valence-electron chi connectivity index (χ0n) is 13.7. The molecule has 0 aliphatic heterocycles. The molecule has 0 saturated heterocycles. The van der Waals surface area contributed by atoms with Crippen molar-refractivity contribution in [3.8, 4) is 0 Å². The van der Waals surface area contributed by atoms with E-state index in [0.29, 0.717) is 0 Å². The molecule has 17 heavy (non-hydrogen) atoms. The van der Waals surface area contributed by atoms with Gasteiger partial charge >= 0.3 is 0 Å². The van der Waals surface area contributed by atoms with Crippen LogP contribution in [-0.2, 0) is 0 Å². The predicted octanol–water partition coefficient (Wildman–Crippen LogP) is -6.47. The van der Waals surface area contributed by atoms with Crippen LogP contribution < -0.4 is 0 Å². The van der Waals surface area contributed by atoms with E-state index in [1.807, 2.05) is 0 Å². The molecule has 0 fully saturated rings. The predicted molar refractivity (Wildman–Crippen MR) is 97.8 cm³/mol. The molecule has 0 aromatic carbocycles. The Balaban J connectivity index is 0. The fourth-order valence-electron chi connectivity index (χ4n) is 0. The SMILES string of the molecule is [Ba].[Na].[Na].[Na].[Na].[Na].[Na].[Na].[Na].[Na].[Na].[Sn].[Sn].[Sn].[Sn].[Sn].[Sn]. The van der Waals surface area contributed by atoms with Crippen molar-refractivity contribution in [2.75, 3.05) is 0 Å². The summed E-state index contributed by atoms with van der Waals surface area (Å²) in [5.74, 6) is 0. The van der Waals surface area contributed by atoms with Crippen LogP contribution in [0.5, 0.6) is 0 Å². The van der Waals surface area contributed by atoms with Gasteiger partial charge in [-0.25, -0.2) is 0 Å². The van der Waals surface area contributed by atoms with Crippen molar-refractivity contribution in [3.05, 3.63) is 0 Å². The third kappa shape index (κ3) is 111. The first-order valence-electron chi connectivity index (χ1n) is 0. The van der Waals surface area contributed by atoms with E-state index in [1.54, 1.807) is 0 Å². The molecular weight excluding hydrogens is 1080 g/mol. The topological polar surface area (TPSA) is 0 Å². The van der Waals surface area contributed by atoms with Gasteiger partial charge in [-0.15, -0.1) is 0 Å². The molecule has 36 valence electrons. The first kappa shape index (κ1) is 131. The Hall–Kier alpha value is 16.4. The molecule has 0 aromatic heterocycles. The number of rotatable bonds is 0. The molecule has 0 aliphatic carbocycles. The van der Waals surface area contributed by atoms with Crippen molar-refractivity contribution >= 4 is 488 Å². The van der Waals surface area contributed by atoms with E-state index in [-0.39, 0.29) is 488 Å². The van der Waals surface area contributed by atoms with Crippen LogP contribution in [0.2, 0.25) is 0 Å². The van der Waals surface area contributed by atoms with Gasteiger partial charge in [0.25, 0.3) is 0 Å². The second kappa shape index (κ2) is 119. The monoisotopic (exact) mass is 1090 g/mol.